The van der Waals surface area contributed by atoms with Crippen molar-refractivity contribution >= 4 is 5.91 Å². The first kappa shape index (κ1) is 15.8. The van der Waals surface area contributed by atoms with Gasteiger partial charge in [-0.1, -0.05) is 25.5 Å². The number of ether oxygens (including phenoxy) is 1. The Morgan fingerprint density at radius 1 is 1.33 bits per heavy atom. The summed E-state index contributed by atoms with van der Waals surface area (Å²) in [4.78, 5) is 13.7. The van der Waals surface area contributed by atoms with Crippen LogP contribution in [0.1, 0.15) is 45.3 Å². The normalized spacial score (nSPS) is 20.1. The fraction of sp³-hybridized carbons (Fsp3) is 0.588. The zero-order valence-corrected chi connectivity index (χ0v) is 13.1. The minimum Gasteiger partial charge on any atom is -0.491 e. The summed E-state index contributed by atoms with van der Waals surface area (Å²) in [6, 6.07) is 7.44. The summed E-state index contributed by atoms with van der Waals surface area (Å²) in [6.07, 6.45) is 1.12. The Labute approximate surface area is 126 Å². The van der Waals surface area contributed by atoms with Gasteiger partial charge >= 0.3 is 0 Å². The summed E-state index contributed by atoms with van der Waals surface area (Å²) in [5.41, 5.74) is 0.818. The highest BCUT2D eigenvalue weighted by Crippen LogP contribution is 2.24. The van der Waals surface area contributed by atoms with Crippen molar-refractivity contribution in [1.29, 1.82) is 0 Å². The van der Waals surface area contributed by atoms with Gasteiger partial charge in [0.1, 0.15) is 5.75 Å². The van der Waals surface area contributed by atoms with E-state index in [0.29, 0.717) is 18.9 Å². The number of hydrogen-bond acceptors (Lipinski definition) is 3. The molecule has 1 aliphatic heterocycles. The first-order valence-electron chi connectivity index (χ1n) is 7.72. The predicted octanol–water partition coefficient (Wildman–Crippen LogP) is 2.77. The second-order valence-electron chi connectivity index (χ2n) is 6.03. The van der Waals surface area contributed by atoms with Crippen molar-refractivity contribution in [1.82, 2.24) is 4.90 Å². The van der Waals surface area contributed by atoms with E-state index >= 15 is 0 Å². The molecule has 1 heterocycles. The van der Waals surface area contributed by atoms with Gasteiger partial charge < -0.3 is 14.7 Å². The topological polar surface area (TPSA) is 49.8 Å². The molecular weight excluding hydrogens is 266 g/mol. The Kier molecular flexibility index (Phi) is 5.23. The van der Waals surface area contributed by atoms with Crippen LogP contribution in [-0.2, 0) is 4.79 Å². The Hall–Kier alpha value is -1.55. The molecule has 0 aliphatic carbocycles. The molecule has 1 saturated heterocycles. The van der Waals surface area contributed by atoms with Gasteiger partial charge in [0, 0.05) is 13.0 Å². The van der Waals surface area contributed by atoms with Crippen LogP contribution in [-0.4, -0.2) is 35.1 Å². The Bertz CT molecular complexity index is 469. The lowest BCUT2D eigenvalue weighted by Gasteiger charge is -2.21. The number of hydrogen-bond donors (Lipinski definition) is 1. The molecule has 0 bridgehead atoms. The average molecular weight is 291 g/mol. The van der Waals surface area contributed by atoms with Gasteiger partial charge in [-0.05, 0) is 37.5 Å². The maximum Gasteiger partial charge on any atom is 0.223 e. The molecule has 0 radical (unpaired) electrons. The van der Waals surface area contributed by atoms with Crippen molar-refractivity contribution < 1.29 is 14.6 Å². The van der Waals surface area contributed by atoms with E-state index in [0.717, 1.165) is 24.3 Å². The van der Waals surface area contributed by atoms with E-state index in [1.54, 1.807) is 4.90 Å². The molecule has 1 fully saturated rings. The largest absolute Gasteiger partial charge is 0.491 e. The fourth-order valence-corrected chi connectivity index (χ4v) is 2.66. The molecule has 1 aromatic rings. The number of nitrogens with zero attached hydrogens (tertiary/aromatic N) is 1. The van der Waals surface area contributed by atoms with Crippen molar-refractivity contribution in [3.63, 3.8) is 0 Å². The number of carbonyl (C=O) groups is 1. The number of benzene rings is 1. The lowest BCUT2D eigenvalue weighted by molar-refractivity contribution is -0.129. The van der Waals surface area contributed by atoms with E-state index in [1.165, 1.54) is 0 Å². The standard InChI is InChI=1S/C17H25NO3/c1-4-13-9-17(20)18(10-13)11-16(19)14-5-7-15(8-6-14)21-12(2)3/h5-8,12-13,16,19H,4,9-11H2,1-3H3. The molecule has 4 heteroatoms. The lowest BCUT2D eigenvalue weighted by Crippen LogP contribution is -2.30. The van der Waals surface area contributed by atoms with Gasteiger partial charge in [0.15, 0.2) is 0 Å². The minimum absolute atomic E-state index is 0.133. The SMILES string of the molecule is CCC1CC(=O)N(CC(O)c2ccc(OC(C)C)cc2)C1. The summed E-state index contributed by atoms with van der Waals surface area (Å²) in [5.74, 6) is 1.39. The van der Waals surface area contributed by atoms with Crippen molar-refractivity contribution in [2.75, 3.05) is 13.1 Å². The van der Waals surface area contributed by atoms with Crippen molar-refractivity contribution in [2.24, 2.45) is 5.92 Å². The minimum atomic E-state index is -0.641. The van der Waals surface area contributed by atoms with Crippen LogP contribution in [0.25, 0.3) is 0 Å². The first-order chi connectivity index (χ1) is 9.99. The quantitative estimate of drug-likeness (QED) is 0.877. The molecule has 1 aromatic carbocycles. The molecule has 0 spiro atoms. The first-order valence-corrected chi connectivity index (χ1v) is 7.72. The smallest absolute Gasteiger partial charge is 0.223 e. The van der Waals surface area contributed by atoms with Gasteiger partial charge in [-0.3, -0.25) is 4.79 Å². The Balaban J connectivity index is 1.94. The number of aliphatic hydroxyl groups excluding tert-OH is 1. The number of likely N-dealkylation sites (tertiary alicyclic amines) is 1. The van der Waals surface area contributed by atoms with Crippen molar-refractivity contribution in [3.05, 3.63) is 29.8 Å². The van der Waals surface area contributed by atoms with Gasteiger partial charge in [0.05, 0.1) is 18.8 Å². The van der Waals surface area contributed by atoms with Crippen LogP contribution in [0, 0.1) is 5.92 Å². The zero-order chi connectivity index (χ0) is 15.4. The summed E-state index contributed by atoms with van der Waals surface area (Å²) in [6.45, 7) is 7.20. The van der Waals surface area contributed by atoms with E-state index in [1.807, 2.05) is 38.1 Å². The monoisotopic (exact) mass is 291 g/mol. The Morgan fingerprint density at radius 3 is 2.52 bits per heavy atom. The third-order valence-corrected chi connectivity index (χ3v) is 3.90. The lowest BCUT2D eigenvalue weighted by atomic mass is 10.1. The molecule has 4 nitrogen and oxygen atoms in total. The molecule has 116 valence electrons. The van der Waals surface area contributed by atoms with Crippen LogP contribution in [0.15, 0.2) is 24.3 Å². The van der Waals surface area contributed by atoms with Crippen molar-refractivity contribution in [3.8, 4) is 5.75 Å². The summed E-state index contributed by atoms with van der Waals surface area (Å²) < 4.78 is 5.58. The van der Waals surface area contributed by atoms with Crippen LogP contribution in [0.4, 0.5) is 0 Å². The summed E-state index contributed by atoms with van der Waals surface area (Å²) in [7, 11) is 0. The highest BCUT2D eigenvalue weighted by Gasteiger charge is 2.29. The van der Waals surface area contributed by atoms with E-state index < -0.39 is 6.10 Å². The third kappa shape index (κ3) is 4.21. The number of carbonyl (C=O) groups excluding carboxylic acids is 1. The number of β-amino-alcohol motifs (C(OH)–C–C–N with tert-alkyl or cyclic N) is 1. The maximum absolute atomic E-state index is 11.9. The van der Waals surface area contributed by atoms with Crippen LogP contribution < -0.4 is 4.74 Å². The van der Waals surface area contributed by atoms with E-state index in [-0.39, 0.29) is 12.0 Å². The number of rotatable bonds is 6. The van der Waals surface area contributed by atoms with Crippen molar-refractivity contribution in [2.45, 2.75) is 45.8 Å². The molecular formula is C17H25NO3. The molecule has 21 heavy (non-hydrogen) atoms. The van der Waals surface area contributed by atoms with E-state index in [4.69, 9.17) is 4.74 Å². The molecule has 2 unspecified atom stereocenters. The van der Waals surface area contributed by atoms with Crippen LogP contribution in [0.2, 0.25) is 0 Å². The molecule has 1 N–H and O–H groups in total. The number of aliphatic hydroxyl groups is 1. The highest BCUT2D eigenvalue weighted by atomic mass is 16.5. The fourth-order valence-electron chi connectivity index (χ4n) is 2.66. The van der Waals surface area contributed by atoms with E-state index in [2.05, 4.69) is 6.92 Å². The van der Waals surface area contributed by atoms with E-state index in [9.17, 15) is 9.90 Å². The summed E-state index contributed by atoms with van der Waals surface area (Å²) >= 11 is 0. The van der Waals surface area contributed by atoms with Crippen LogP contribution in [0.5, 0.6) is 5.75 Å². The molecule has 2 rings (SSSR count). The van der Waals surface area contributed by atoms with Gasteiger partial charge in [0.2, 0.25) is 5.91 Å². The Morgan fingerprint density at radius 2 is 2.00 bits per heavy atom. The van der Waals surface area contributed by atoms with Crippen LogP contribution in [0.3, 0.4) is 0 Å². The van der Waals surface area contributed by atoms with Gasteiger partial charge in [-0.2, -0.15) is 0 Å². The molecule has 0 saturated carbocycles. The third-order valence-electron chi connectivity index (χ3n) is 3.90. The maximum atomic E-state index is 11.9. The highest BCUT2D eigenvalue weighted by molar-refractivity contribution is 5.78. The molecule has 2 atom stereocenters. The summed E-state index contributed by atoms with van der Waals surface area (Å²) in [5, 5.41) is 10.3. The average Bonchev–Trinajstić information content (AvgIpc) is 2.79. The molecule has 1 amide bonds. The van der Waals surface area contributed by atoms with Gasteiger partial charge in [-0.15, -0.1) is 0 Å². The van der Waals surface area contributed by atoms with Gasteiger partial charge in [-0.25, -0.2) is 0 Å². The number of amides is 1. The second kappa shape index (κ2) is 6.94. The van der Waals surface area contributed by atoms with Gasteiger partial charge in [0.25, 0.3) is 0 Å². The van der Waals surface area contributed by atoms with Crippen LogP contribution >= 0.6 is 0 Å². The zero-order valence-electron chi connectivity index (χ0n) is 13.1. The molecule has 1 aliphatic rings. The molecule has 0 aromatic heterocycles. The predicted molar refractivity (Wildman–Crippen MR) is 82.1 cm³/mol. The second-order valence-corrected chi connectivity index (χ2v) is 6.03.